The molecule has 1 aromatic heterocycles. The first-order valence-electron chi connectivity index (χ1n) is 9.94. The van der Waals surface area contributed by atoms with Crippen LogP contribution in [0.25, 0.3) is 0 Å². The molecule has 0 radical (unpaired) electrons. The zero-order chi connectivity index (χ0) is 23.1. The molecule has 2 aromatic rings. The molecule has 0 spiro atoms. The average molecular weight is 457 g/mol. The highest BCUT2D eigenvalue weighted by atomic mass is 32.1. The van der Waals surface area contributed by atoms with Gasteiger partial charge in [0.1, 0.15) is 17.3 Å². The fraction of sp³-hybridized carbons (Fsp3) is 0.273. The summed E-state index contributed by atoms with van der Waals surface area (Å²) in [4.78, 5) is 24.7. The number of para-hydroxylation sites is 1. The molecule has 1 aromatic carbocycles. The Morgan fingerprint density at radius 1 is 1.25 bits per heavy atom. The molecule has 3 rings (SSSR count). The van der Waals surface area contributed by atoms with Gasteiger partial charge in [-0.15, -0.1) is 0 Å². The second-order valence-corrected chi connectivity index (χ2v) is 7.27. The summed E-state index contributed by atoms with van der Waals surface area (Å²) < 4.78 is 16.3. The van der Waals surface area contributed by atoms with E-state index in [1.165, 1.54) is 6.21 Å². The van der Waals surface area contributed by atoms with Crippen molar-refractivity contribution in [1.82, 2.24) is 16.1 Å². The quantitative estimate of drug-likeness (QED) is 0.240. The molecule has 1 atom stereocenters. The summed E-state index contributed by atoms with van der Waals surface area (Å²) >= 11 is 5.27. The van der Waals surface area contributed by atoms with Crippen LogP contribution in [0.1, 0.15) is 37.0 Å². The summed E-state index contributed by atoms with van der Waals surface area (Å²) in [6, 6.07) is 10.0. The van der Waals surface area contributed by atoms with Crippen LogP contribution in [0.15, 0.2) is 57.2 Å². The lowest BCUT2D eigenvalue weighted by atomic mass is 9.95. The number of carbonyl (C=O) groups is 2. The molecule has 3 N–H and O–H groups in total. The maximum atomic E-state index is 12.6. The molecule has 32 heavy (non-hydrogen) atoms. The molecule has 1 aliphatic rings. The largest absolute Gasteiger partial charge is 0.483 e. The van der Waals surface area contributed by atoms with Crippen LogP contribution in [-0.4, -0.2) is 36.4 Å². The SMILES string of the molecule is CCOC(=O)C1=C(C)NC(=S)N[C@H]1c1ccccc1OCC(=O)NN=Cc1ccc(C)o1. The van der Waals surface area contributed by atoms with Gasteiger partial charge in [0, 0.05) is 11.3 Å². The summed E-state index contributed by atoms with van der Waals surface area (Å²) in [5.41, 5.74) is 4.00. The van der Waals surface area contributed by atoms with Gasteiger partial charge in [0.05, 0.1) is 24.4 Å². The minimum atomic E-state index is -0.595. The molecule has 2 heterocycles. The fourth-order valence-electron chi connectivity index (χ4n) is 3.12. The molecule has 0 fully saturated rings. The number of hydrogen-bond donors (Lipinski definition) is 3. The molecule has 9 nitrogen and oxygen atoms in total. The van der Waals surface area contributed by atoms with Crippen molar-refractivity contribution in [3.8, 4) is 5.75 Å². The number of allylic oxidation sites excluding steroid dienone is 1. The molecule has 0 aliphatic carbocycles. The number of nitrogens with one attached hydrogen (secondary N) is 3. The first kappa shape index (κ1) is 23.0. The number of nitrogens with zero attached hydrogens (tertiary/aromatic N) is 1. The smallest absolute Gasteiger partial charge is 0.338 e. The van der Waals surface area contributed by atoms with E-state index in [1.807, 2.05) is 13.0 Å². The Balaban J connectivity index is 1.72. The number of carbonyl (C=O) groups excluding carboxylic acids is 2. The average Bonchev–Trinajstić information content (AvgIpc) is 3.17. The van der Waals surface area contributed by atoms with Crippen molar-refractivity contribution >= 4 is 35.4 Å². The predicted octanol–water partition coefficient (Wildman–Crippen LogP) is 2.47. The number of ether oxygens (including phenoxy) is 2. The van der Waals surface area contributed by atoms with Crippen LogP contribution in [0.3, 0.4) is 0 Å². The van der Waals surface area contributed by atoms with Crippen molar-refractivity contribution in [2.45, 2.75) is 26.8 Å². The molecule has 0 saturated heterocycles. The van der Waals surface area contributed by atoms with Crippen molar-refractivity contribution in [1.29, 1.82) is 0 Å². The molecule has 0 saturated carbocycles. The minimum Gasteiger partial charge on any atom is -0.483 e. The lowest BCUT2D eigenvalue weighted by Gasteiger charge is -2.30. The van der Waals surface area contributed by atoms with E-state index in [0.29, 0.717) is 33.5 Å². The third-order valence-corrected chi connectivity index (χ3v) is 4.72. The first-order chi connectivity index (χ1) is 15.4. The van der Waals surface area contributed by atoms with Gasteiger partial charge in [0.25, 0.3) is 5.91 Å². The highest BCUT2D eigenvalue weighted by Crippen LogP contribution is 2.33. The third kappa shape index (κ3) is 5.73. The monoisotopic (exact) mass is 456 g/mol. The van der Waals surface area contributed by atoms with E-state index >= 15 is 0 Å². The Hall–Kier alpha value is -3.66. The number of furan rings is 1. The first-order valence-corrected chi connectivity index (χ1v) is 10.3. The van der Waals surface area contributed by atoms with E-state index in [-0.39, 0.29) is 13.2 Å². The van der Waals surface area contributed by atoms with Crippen molar-refractivity contribution < 1.29 is 23.5 Å². The Labute approximate surface area is 190 Å². The van der Waals surface area contributed by atoms with Crippen LogP contribution in [0.5, 0.6) is 5.75 Å². The summed E-state index contributed by atoms with van der Waals surface area (Å²) in [7, 11) is 0. The van der Waals surface area contributed by atoms with Gasteiger partial charge < -0.3 is 24.5 Å². The van der Waals surface area contributed by atoms with E-state index in [4.69, 9.17) is 26.1 Å². The van der Waals surface area contributed by atoms with Gasteiger partial charge in [-0.1, -0.05) is 18.2 Å². The number of thiocarbonyl (C=S) groups is 1. The van der Waals surface area contributed by atoms with E-state index < -0.39 is 17.9 Å². The van der Waals surface area contributed by atoms with E-state index in [2.05, 4.69) is 21.2 Å². The topological polar surface area (TPSA) is 114 Å². The van der Waals surface area contributed by atoms with Gasteiger partial charge >= 0.3 is 5.97 Å². The molecular formula is C22H24N4O5S. The highest BCUT2D eigenvalue weighted by Gasteiger charge is 2.32. The molecule has 1 aliphatic heterocycles. The summed E-state index contributed by atoms with van der Waals surface area (Å²) in [6.07, 6.45) is 1.40. The van der Waals surface area contributed by atoms with E-state index in [9.17, 15) is 9.59 Å². The van der Waals surface area contributed by atoms with Gasteiger partial charge in [-0.2, -0.15) is 5.10 Å². The Bertz CT molecular complexity index is 1080. The van der Waals surface area contributed by atoms with Gasteiger partial charge in [0.15, 0.2) is 11.7 Å². The van der Waals surface area contributed by atoms with Crippen molar-refractivity contribution in [2.24, 2.45) is 5.10 Å². The normalized spacial score (nSPS) is 15.8. The van der Waals surface area contributed by atoms with E-state index in [0.717, 1.165) is 5.76 Å². The van der Waals surface area contributed by atoms with Crippen LogP contribution in [0, 0.1) is 6.92 Å². The Morgan fingerprint density at radius 2 is 2.03 bits per heavy atom. The number of amides is 1. The Morgan fingerprint density at radius 3 is 2.75 bits per heavy atom. The zero-order valence-electron chi connectivity index (χ0n) is 17.9. The number of benzene rings is 1. The number of hydrazone groups is 1. The predicted molar refractivity (Wildman–Crippen MR) is 122 cm³/mol. The number of aryl methyl sites for hydroxylation is 1. The molecule has 10 heteroatoms. The lowest BCUT2D eigenvalue weighted by Crippen LogP contribution is -2.45. The minimum absolute atomic E-state index is 0.239. The van der Waals surface area contributed by atoms with Crippen LogP contribution in [0.4, 0.5) is 0 Å². The Kier molecular flexibility index (Phi) is 7.61. The van der Waals surface area contributed by atoms with Gasteiger partial charge in [0.2, 0.25) is 0 Å². The molecule has 1 amide bonds. The van der Waals surface area contributed by atoms with Crippen LogP contribution in [0.2, 0.25) is 0 Å². The highest BCUT2D eigenvalue weighted by molar-refractivity contribution is 7.80. The number of rotatable bonds is 8. The second-order valence-electron chi connectivity index (χ2n) is 6.86. The van der Waals surface area contributed by atoms with Crippen molar-refractivity contribution in [3.05, 3.63) is 64.8 Å². The number of hydrogen-bond acceptors (Lipinski definition) is 7. The lowest BCUT2D eigenvalue weighted by molar-refractivity contribution is -0.139. The summed E-state index contributed by atoms with van der Waals surface area (Å²) in [5.74, 6) is 0.772. The van der Waals surface area contributed by atoms with Crippen LogP contribution in [-0.2, 0) is 14.3 Å². The molecule has 0 bridgehead atoms. The maximum absolute atomic E-state index is 12.6. The molecular weight excluding hydrogens is 432 g/mol. The second kappa shape index (κ2) is 10.6. The number of esters is 1. The van der Waals surface area contributed by atoms with E-state index in [1.54, 1.807) is 44.2 Å². The maximum Gasteiger partial charge on any atom is 0.338 e. The van der Waals surface area contributed by atoms with Gasteiger partial charge in [-0.25, -0.2) is 10.2 Å². The van der Waals surface area contributed by atoms with Gasteiger partial charge in [-0.05, 0) is 51.2 Å². The third-order valence-electron chi connectivity index (χ3n) is 4.50. The van der Waals surface area contributed by atoms with Crippen molar-refractivity contribution in [2.75, 3.05) is 13.2 Å². The fourth-order valence-corrected chi connectivity index (χ4v) is 3.39. The zero-order valence-corrected chi connectivity index (χ0v) is 18.7. The van der Waals surface area contributed by atoms with Gasteiger partial charge in [-0.3, -0.25) is 4.79 Å². The summed E-state index contributed by atoms with van der Waals surface area (Å²) in [6.45, 7) is 5.26. The van der Waals surface area contributed by atoms with Crippen molar-refractivity contribution in [3.63, 3.8) is 0 Å². The molecule has 0 unspecified atom stereocenters. The van der Waals surface area contributed by atoms with Crippen LogP contribution >= 0.6 is 12.2 Å². The standard InChI is InChI=1S/C22H24N4O5S/c1-4-29-21(28)19-14(3)24-22(32)25-20(19)16-7-5-6-8-17(16)30-12-18(27)26-23-11-15-10-9-13(2)31-15/h5-11,20H,4,12H2,1-3H3,(H,26,27)(H2,24,25,32)/t20-/m0/s1. The molecule has 168 valence electrons. The van der Waals surface area contributed by atoms with Crippen LogP contribution < -0.4 is 20.8 Å². The summed E-state index contributed by atoms with van der Waals surface area (Å²) in [5, 5.41) is 10.3.